The fourth-order valence-electron chi connectivity index (χ4n) is 0.283. The minimum atomic E-state index is 0.462. The number of nitrogens with zero attached hydrogens (tertiary/aromatic N) is 1. The molecular formula is C7H17NO3. The Balaban J connectivity index is 0. The van der Waals surface area contributed by atoms with Crippen molar-refractivity contribution in [3.8, 4) is 0 Å². The fourth-order valence-corrected chi connectivity index (χ4v) is 0.283. The molecule has 0 amide bonds. The number of methoxy groups -OCH3 is 1. The molecule has 0 saturated carbocycles. The van der Waals surface area contributed by atoms with Crippen LogP contribution in [0, 0.1) is 0 Å². The van der Waals surface area contributed by atoms with E-state index in [-0.39, 0.29) is 0 Å². The van der Waals surface area contributed by atoms with Crippen LogP contribution in [-0.4, -0.2) is 52.8 Å². The molecule has 0 heterocycles. The molecule has 68 valence electrons. The van der Waals surface area contributed by atoms with Gasteiger partial charge in [-0.05, 0) is 14.1 Å². The van der Waals surface area contributed by atoms with E-state index in [2.05, 4.69) is 9.47 Å². The summed E-state index contributed by atoms with van der Waals surface area (Å²) in [6, 6.07) is 0. The second-order valence-electron chi connectivity index (χ2n) is 2.18. The molecule has 0 aromatic carbocycles. The van der Waals surface area contributed by atoms with Gasteiger partial charge < -0.3 is 14.4 Å². The molecule has 4 nitrogen and oxygen atoms in total. The number of ether oxygens (including phenoxy) is 2. The number of carbonyl (C=O) groups excluding carboxylic acids is 1. The molecule has 0 aromatic heterocycles. The molecule has 0 saturated heterocycles. The number of rotatable bonds is 4. The van der Waals surface area contributed by atoms with Crippen molar-refractivity contribution in [1.82, 2.24) is 4.90 Å². The van der Waals surface area contributed by atoms with Crippen molar-refractivity contribution in [2.24, 2.45) is 0 Å². The molecule has 0 bridgehead atoms. The third-order valence-corrected chi connectivity index (χ3v) is 0.724. The topological polar surface area (TPSA) is 38.8 Å². The Hall–Kier alpha value is -0.610. The van der Waals surface area contributed by atoms with Gasteiger partial charge in [0.1, 0.15) is 6.61 Å². The van der Waals surface area contributed by atoms with E-state index in [1.54, 1.807) is 14.2 Å². The molecular weight excluding hydrogens is 146 g/mol. The summed E-state index contributed by atoms with van der Waals surface area (Å²) in [5.41, 5.74) is 0. The van der Waals surface area contributed by atoms with Gasteiger partial charge in [0, 0.05) is 20.8 Å². The SMILES string of the molecule is CN(C)CCOC=O.COC. The molecule has 0 spiro atoms. The standard InChI is InChI=1S/C5H11NO2.C2H6O/c1-6(2)3-4-8-5-7;1-3-2/h5H,3-4H2,1-2H3;1-2H3. The van der Waals surface area contributed by atoms with Crippen LogP contribution in [0.3, 0.4) is 0 Å². The first kappa shape index (κ1) is 13.0. The van der Waals surface area contributed by atoms with Crippen LogP contribution in [0.1, 0.15) is 0 Å². The predicted octanol–water partition coefficient (Wildman–Crippen LogP) is -0.0164. The smallest absolute Gasteiger partial charge is 0.293 e. The van der Waals surface area contributed by atoms with E-state index in [0.29, 0.717) is 13.1 Å². The monoisotopic (exact) mass is 163 g/mol. The van der Waals surface area contributed by atoms with Gasteiger partial charge in [-0.25, -0.2) is 0 Å². The Morgan fingerprint density at radius 1 is 1.36 bits per heavy atom. The first-order chi connectivity index (χ1) is 5.18. The lowest BCUT2D eigenvalue weighted by atomic mass is 10.6. The van der Waals surface area contributed by atoms with Crippen molar-refractivity contribution in [2.75, 3.05) is 41.5 Å². The van der Waals surface area contributed by atoms with Crippen LogP contribution >= 0.6 is 0 Å². The lowest BCUT2D eigenvalue weighted by molar-refractivity contribution is -0.128. The van der Waals surface area contributed by atoms with E-state index in [9.17, 15) is 4.79 Å². The average Bonchev–Trinajstić information content (AvgIpc) is 1.89. The van der Waals surface area contributed by atoms with Gasteiger partial charge in [0.05, 0.1) is 0 Å². The van der Waals surface area contributed by atoms with Gasteiger partial charge in [0.2, 0.25) is 0 Å². The second kappa shape index (κ2) is 12.1. The van der Waals surface area contributed by atoms with Crippen LogP contribution in [-0.2, 0) is 14.3 Å². The fraction of sp³-hybridized carbons (Fsp3) is 0.857. The molecule has 11 heavy (non-hydrogen) atoms. The highest BCUT2D eigenvalue weighted by Gasteiger charge is 1.86. The summed E-state index contributed by atoms with van der Waals surface area (Å²) in [5.74, 6) is 0. The van der Waals surface area contributed by atoms with Crippen LogP contribution in [0.5, 0.6) is 0 Å². The summed E-state index contributed by atoms with van der Waals surface area (Å²) in [7, 11) is 7.10. The van der Waals surface area contributed by atoms with Crippen molar-refractivity contribution in [3.63, 3.8) is 0 Å². The maximum Gasteiger partial charge on any atom is 0.293 e. The zero-order valence-electron chi connectivity index (χ0n) is 7.66. The minimum absolute atomic E-state index is 0.462. The minimum Gasteiger partial charge on any atom is -0.467 e. The highest BCUT2D eigenvalue weighted by atomic mass is 16.5. The van der Waals surface area contributed by atoms with E-state index in [1.807, 2.05) is 19.0 Å². The number of carbonyl (C=O) groups is 1. The summed E-state index contributed by atoms with van der Waals surface area (Å²) >= 11 is 0. The van der Waals surface area contributed by atoms with E-state index in [0.717, 1.165) is 6.54 Å². The van der Waals surface area contributed by atoms with E-state index >= 15 is 0 Å². The zero-order chi connectivity index (χ0) is 9.11. The maximum absolute atomic E-state index is 9.55. The molecule has 4 heteroatoms. The average molecular weight is 163 g/mol. The third-order valence-electron chi connectivity index (χ3n) is 0.724. The van der Waals surface area contributed by atoms with Crippen molar-refractivity contribution in [3.05, 3.63) is 0 Å². The Morgan fingerprint density at radius 2 is 1.82 bits per heavy atom. The third kappa shape index (κ3) is 26.6. The summed E-state index contributed by atoms with van der Waals surface area (Å²) in [6.07, 6.45) is 0. The lowest BCUT2D eigenvalue weighted by Gasteiger charge is -2.06. The molecule has 0 fully saturated rings. The van der Waals surface area contributed by atoms with Crippen molar-refractivity contribution < 1.29 is 14.3 Å². The Labute approximate surface area is 68.1 Å². The van der Waals surface area contributed by atoms with Crippen molar-refractivity contribution in [1.29, 1.82) is 0 Å². The van der Waals surface area contributed by atoms with Gasteiger partial charge in [0.15, 0.2) is 0 Å². The first-order valence-electron chi connectivity index (χ1n) is 3.29. The molecule has 0 unspecified atom stereocenters. The van der Waals surface area contributed by atoms with Crippen molar-refractivity contribution >= 4 is 6.47 Å². The maximum atomic E-state index is 9.55. The summed E-state index contributed by atoms with van der Waals surface area (Å²) in [6.45, 7) is 1.73. The normalized spacial score (nSPS) is 8.45. The molecule has 0 rings (SSSR count). The van der Waals surface area contributed by atoms with Crippen LogP contribution < -0.4 is 0 Å². The Bertz CT molecular complexity index is 76.1. The van der Waals surface area contributed by atoms with Gasteiger partial charge in [-0.3, -0.25) is 4.79 Å². The van der Waals surface area contributed by atoms with Gasteiger partial charge in [-0.15, -0.1) is 0 Å². The van der Waals surface area contributed by atoms with E-state index < -0.39 is 0 Å². The molecule has 0 aliphatic heterocycles. The molecule has 0 radical (unpaired) electrons. The van der Waals surface area contributed by atoms with Gasteiger partial charge >= 0.3 is 0 Å². The first-order valence-corrected chi connectivity index (χ1v) is 3.29. The Morgan fingerprint density at radius 3 is 2.09 bits per heavy atom. The zero-order valence-corrected chi connectivity index (χ0v) is 7.66. The van der Waals surface area contributed by atoms with E-state index in [4.69, 9.17) is 0 Å². The molecule has 0 N–H and O–H groups in total. The summed E-state index contributed by atoms with van der Waals surface area (Å²) in [4.78, 5) is 11.5. The number of hydrogen-bond donors (Lipinski definition) is 0. The predicted molar refractivity (Wildman–Crippen MR) is 43.5 cm³/mol. The molecule has 0 atom stereocenters. The van der Waals surface area contributed by atoms with Gasteiger partial charge in [0.25, 0.3) is 6.47 Å². The second-order valence-corrected chi connectivity index (χ2v) is 2.18. The highest BCUT2D eigenvalue weighted by Crippen LogP contribution is 1.72. The van der Waals surface area contributed by atoms with Gasteiger partial charge in [-0.1, -0.05) is 0 Å². The lowest BCUT2D eigenvalue weighted by Crippen LogP contribution is -2.17. The van der Waals surface area contributed by atoms with Crippen LogP contribution in [0.15, 0.2) is 0 Å². The van der Waals surface area contributed by atoms with Crippen molar-refractivity contribution in [2.45, 2.75) is 0 Å². The molecule has 0 aromatic rings. The number of hydrogen-bond acceptors (Lipinski definition) is 4. The van der Waals surface area contributed by atoms with Crippen LogP contribution in [0.4, 0.5) is 0 Å². The van der Waals surface area contributed by atoms with E-state index in [1.165, 1.54) is 0 Å². The van der Waals surface area contributed by atoms with Crippen LogP contribution in [0.2, 0.25) is 0 Å². The van der Waals surface area contributed by atoms with Crippen LogP contribution in [0.25, 0.3) is 0 Å². The Kier molecular flexibility index (Phi) is 14.3. The van der Waals surface area contributed by atoms with Gasteiger partial charge in [-0.2, -0.15) is 0 Å². The molecule has 0 aliphatic rings. The quantitative estimate of drug-likeness (QED) is 0.431. The summed E-state index contributed by atoms with van der Waals surface area (Å²) < 4.78 is 8.67. The largest absolute Gasteiger partial charge is 0.467 e. The highest BCUT2D eigenvalue weighted by molar-refractivity contribution is 5.36. The summed E-state index contributed by atoms with van der Waals surface area (Å²) in [5, 5.41) is 0. The molecule has 0 aliphatic carbocycles. The number of likely N-dealkylation sites (N-methyl/N-ethyl adjacent to an activating group) is 1.